The summed E-state index contributed by atoms with van der Waals surface area (Å²) < 4.78 is 37.1. The van der Waals surface area contributed by atoms with Gasteiger partial charge in [-0.1, -0.05) is 0 Å². The lowest BCUT2D eigenvalue weighted by atomic mass is 9.94. The van der Waals surface area contributed by atoms with Crippen LogP contribution in [0.3, 0.4) is 0 Å². The van der Waals surface area contributed by atoms with Crippen molar-refractivity contribution < 1.29 is 27.9 Å². The van der Waals surface area contributed by atoms with Crippen molar-refractivity contribution in [3.8, 4) is 0 Å². The number of aromatic nitrogens is 1. The van der Waals surface area contributed by atoms with Gasteiger partial charge in [0.15, 0.2) is 0 Å². The Labute approximate surface area is 122 Å². The molecule has 0 atom stereocenters. The number of hydrogen-bond acceptors (Lipinski definition) is 4. The van der Waals surface area contributed by atoms with E-state index >= 15 is 0 Å². The van der Waals surface area contributed by atoms with E-state index in [1.54, 1.807) is 0 Å². The molecule has 0 unspecified atom stereocenters. The molecule has 1 aromatic heterocycles. The number of nitrogens with zero attached hydrogens (tertiary/aromatic N) is 1. The van der Waals surface area contributed by atoms with Gasteiger partial charge in [-0.25, -0.2) is 4.98 Å². The van der Waals surface area contributed by atoms with Crippen LogP contribution < -0.4 is 5.32 Å². The maximum atomic E-state index is 12.4. The van der Waals surface area contributed by atoms with Gasteiger partial charge in [-0.05, 0) is 26.0 Å². The fourth-order valence-electron chi connectivity index (χ4n) is 1.23. The Hall–Kier alpha value is -1.77. The molecule has 2 N–H and O–H groups in total. The Bertz CT molecular complexity index is 547. The molecule has 9 heteroatoms. The van der Waals surface area contributed by atoms with Gasteiger partial charge < -0.3 is 10.4 Å². The van der Waals surface area contributed by atoms with Crippen molar-refractivity contribution in [3.63, 3.8) is 0 Å². The number of amides is 1. The molecule has 1 amide bonds. The number of aliphatic carboxylic acids is 1. The minimum atomic E-state index is -4.57. The molecule has 0 aliphatic carbocycles. The molecule has 0 fully saturated rings. The molecule has 21 heavy (non-hydrogen) atoms. The van der Waals surface area contributed by atoms with E-state index < -0.39 is 39.6 Å². The van der Waals surface area contributed by atoms with Crippen LogP contribution in [-0.2, 0) is 4.79 Å². The van der Waals surface area contributed by atoms with Crippen LogP contribution in [0.2, 0.25) is 0 Å². The zero-order chi connectivity index (χ0) is 16.3. The smallest absolute Gasteiger partial charge is 0.447 e. The van der Waals surface area contributed by atoms with Crippen molar-refractivity contribution in [1.82, 2.24) is 10.3 Å². The second-order valence-corrected chi connectivity index (χ2v) is 5.83. The molecule has 0 bridgehead atoms. The van der Waals surface area contributed by atoms with Crippen LogP contribution in [0.25, 0.3) is 0 Å². The quantitative estimate of drug-likeness (QED) is 0.815. The van der Waals surface area contributed by atoms with Gasteiger partial charge in [0.1, 0.15) is 5.03 Å². The summed E-state index contributed by atoms with van der Waals surface area (Å²) in [6.45, 7) is 2.57. The van der Waals surface area contributed by atoms with Crippen LogP contribution in [0, 0.1) is 5.41 Å². The maximum absolute atomic E-state index is 12.4. The number of halogens is 3. The normalized spacial score (nSPS) is 12.0. The van der Waals surface area contributed by atoms with E-state index in [1.165, 1.54) is 26.0 Å². The Morgan fingerprint density at radius 3 is 2.52 bits per heavy atom. The standard InChI is InChI=1S/C12H13F3N2O3S/c1-11(2,10(19)20)6-17-8(18)7-4-3-5-16-9(7)21-12(13,14)15/h3-5H,6H2,1-2H3,(H,17,18)(H,19,20). The van der Waals surface area contributed by atoms with Crippen molar-refractivity contribution >= 4 is 23.6 Å². The summed E-state index contributed by atoms with van der Waals surface area (Å²) in [5.41, 5.74) is -6.04. The first kappa shape index (κ1) is 17.3. The van der Waals surface area contributed by atoms with E-state index in [2.05, 4.69) is 10.3 Å². The van der Waals surface area contributed by atoms with Gasteiger partial charge >= 0.3 is 11.5 Å². The maximum Gasteiger partial charge on any atom is 0.447 e. The number of rotatable bonds is 5. The summed E-state index contributed by atoms with van der Waals surface area (Å²) in [4.78, 5) is 26.3. The molecule has 5 nitrogen and oxygen atoms in total. The molecule has 1 rings (SSSR count). The van der Waals surface area contributed by atoms with Crippen molar-refractivity contribution in [2.45, 2.75) is 24.4 Å². The first-order chi connectivity index (χ1) is 9.53. The van der Waals surface area contributed by atoms with Gasteiger partial charge in [-0.3, -0.25) is 9.59 Å². The molecular formula is C12H13F3N2O3S. The number of carboxylic acid groups (broad SMARTS) is 1. The molecule has 0 saturated carbocycles. The molecule has 1 aromatic rings. The lowest BCUT2D eigenvalue weighted by Crippen LogP contribution is -2.39. The minimum Gasteiger partial charge on any atom is -0.481 e. The first-order valence-electron chi connectivity index (χ1n) is 5.75. The third-order valence-electron chi connectivity index (χ3n) is 2.50. The Morgan fingerprint density at radius 2 is 2.00 bits per heavy atom. The molecule has 116 valence electrons. The molecule has 0 aromatic carbocycles. The summed E-state index contributed by atoms with van der Waals surface area (Å²) in [5.74, 6) is -1.93. The van der Waals surface area contributed by atoms with E-state index in [9.17, 15) is 22.8 Å². The Morgan fingerprint density at radius 1 is 1.38 bits per heavy atom. The predicted molar refractivity (Wildman–Crippen MR) is 69.9 cm³/mol. The first-order valence-corrected chi connectivity index (χ1v) is 6.57. The number of alkyl halides is 3. The van der Waals surface area contributed by atoms with Crippen molar-refractivity contribution in [1.29, 1.82) is 0 Å². The molecule has 1 heterocycles. The highest BCUT2D eigenvalue weighted by Gasteiger charge is 2.33. The number of pyridine rings is 1. The van der Waals surface area contributed by atoms with Crippen LogP contribution in [0.1, 0.15) is 24.2 Å². The van der Waals surface area contributed by atoms with Crippen LogP contribution in [0.4, 0.5) is 13.2 Å². The van der Waals surface area contributed by atoms with Gasteiger partial charge in [0.25, 0.3) is 5.91 Å². The highest BCUT2D eigenvalue weighted by atomic mass is 32.2. The highest BCUT2D eigenvalue weighted by Crippen LogP contribution is 2.37. The third-order valence-corrected chi connectivity index (χ3v) is 3.25. The summed E-state index contributed by atoms with van der Waals surface area (Å²) >= 11 is -0.493. The van der Waals surface area contributed by atoms with Gasteiger partial charge in [0.05, 0.1) is 11.0 Å². The van der Waals surface area contributed by atoms with E-state index in [0.29, 0.717) is 0 Å². The van der Waals surface area contributed by atoms with Gasteiger partial charge in [0, 0.05) is 24.5 Å². The van der Waals surface area contributed by atoms with Crippen molar-refractivity contribution in [2.24, 2.45) is 5.41 Å². The van der Waals surface area contributed by atoms with E-state index in [4.69, 9.17) is 5.11 Å². The number of carbonyl (C=O) groups excluding carboxylic acids is 1. The molecule has 0 radical (unpaired) electrons. The molecular weight excluding hydrogens is 309 g/mol. The number of carbonyl (C=O) groups is 2. The summed E-state index contributed by atoms with van der Waals surface area (Å²) in [6, 6.07) is 2.53. The zero-order valence-electron chi connectivity index (χ0n) is 11.2. The summed E-state index contributed by atoms with van der Waals surface area (Å²) in [5, 5.41) is 10.7. The minimum absolute atomic E-state index is 0.216. The highest BCUT2D eigenvalue weighted by molar-refractivity contribution is 8.00. The lowest BCUT2D eigenvalue weighted by Gasteiger charge is -2.19. The SMILES string of the molecule is CC(C)(CNC(=O)c1cccnc1SC(F)(F)F)C(=O)O. The molecule has 0 spiro atoms. The summed E-state index contributed by atoms with van der Waals surface area (Å²) in [7, 11) is 0. The lowest BCUT2D eigenvalue weighted by molar-refractivity contribution is -0.146. The average Bonchev–Trinajstić information content (AvgIpc) is 2.34. The second kappa shape index (κ2) is 6.33. The average molecular weight is 322 g/mol. The fourth-order valence-corrected chi connectivity index (χ4v) is 1.83. The topological polar surface area (TPSA) is 79.3 Å². The fraction of sp³-hybridized carbons (Fsp3) is 0.417. The molecule has 0 aliphatic heterocycles. The van der Waals surface area contributed by atoms with E-state index in [1.807, 2.05) is 0 Å². The van der Waals surface area contributed by atoms with Gasteiger partial charge in [0.2, 0.25) is 0 Å². The number of thioether (sulfide) groups is 1. The van der Waals surface area contributed by atoms with Crippen molar-refractivity contribution in [3.05, 3.63) is 23.9 Å². The van der Waals surface area contributed by atoms with Gasteiger partial charge in [-0.15, -0.1) is 0 Å². The van der Waals surface area contributed by atoms with Crippen LogP contribution >= 0.6 is 11.8 Å². The zero-order valence-corrected chi connectivity index (χ0v) is 12.0. The van der Waals surface area contributed by atoms with Gasteiger partial charge in [-0.2, -0.15) is 13.2 Å². The second-order valence-electron chi connectivity index (χ2n) is 4.78. The predicted octanol–water partition coefficient (Wildman–Crippen LogP) is 2.53. The Balaban J connectivity index is 2.86. The van der Waals surface area contributed by atoms with E-state index in [-0.39, 0.29) is 12.1 Å². The number of nitrogens with one attached hydrogen (secondary N) is 1. The van der Waals surface area contributed by atoms with Crippen LogP contribution in [0.5, 0.6) is 0 Å². The third kappa shape index (κ3) is 5.25. The monoisotopic (exact) mass is 322 g/mol. The molecule has 0 aliphatic rings. The largest absolute Gasteiger partial charge is 0.481 e. The summed E-state index contributed by atoms with van der Waals surface area (Å²) in [6.07, 6.45) is 1.14. The van der Waals surface area contributed by atoms with Crippen molar-refractivity contribution in [2.75, 3.05) is 6.54 Å². The van der Waals surface area contributed by atoms with Crippen LogP contribution in [-0.4, -0.2) is 34.0 Å². The molecule has 0 saturated heterocycles. The number of carboxylic acids is 1. The Kier molecular flexibility index (Phi) is 5.21. The van der Waals surface area contributed by atoms with Crippen LogP contribution in [0.15, 0.2) is 23.4 Å². The van der Waals surface area contributed by atoms with E-state index in [0.717, 1.165) is 6.20 Å². The number of hydrogen-bond donors (Lipinski definition) is 2.